The molecule has 1 unspecified atom stereocenters. The zero-order valence-corrected chi connectivity index (χ0v) is 11.9. The van der Waals surface area contributed by atoms with Crippen LogP contribution < -0.4 is 10.0 Å². The smallest absolute Gasteiger partial charge is 0.229 e. The Morgan fingerprint density at radius 1 is 1.32 bits per heavy atom. The molecule has 0 spiro atoms. The molecule has 0 radical (unpaired) electrons. The quantitative estimate of drug-likeness (QED) is 0.744. The molecule has 0 aliphatic rings. The molecule has 0 saturated heterocycles. The van der Waals surface area contributed by atoms with E-state index in [0.717, 1.165) is 6.26 Å². The topological polar surface area (TPSA) is 78.4 Å². The molecule has 110 valence electrons. The summed E-state index contributed by atoms with van der Waals surface area (Å²) < 4.78 is 68.1. The van der Waals surface area contributed by atoms with E-state index in [0.29, 0.717) is 11.3 Å². The first-order valence-electron chi connectivity index (χ1n) is 8.19. The van der Waals surface area contributed by atoms with Crippen LogP contribution >= 0.6 is 12.4 Å². The highest BCUT2D eigenvalue weighted by Gasteiger charge is 2.08. The summed E-state index contributed by atoms with van der Waals surface area (Å²) in [6, 6.07) is 4.03. The first-order valence-corrected chi connectivity index (χ1v) is 7.08. The van der Waals surface area contributed by atoms with Crippen molar-refractivity contribution in [3.05, 3.63) is 29.8 Å². The number of nitrogens with one attached hydrogen (secondary N) is 2. The standard InChI is InChI=1S/C12H20N2O3S.ClH/c1-9(2)13-8-12(15)10-4-6-11(7-5-10)14-18(3,16)17;/h4-7,9,12-15H,8H2,1-3H3;1H/i1D3,2D3;. The van der Waals surface area contributed by atoms with Crippen molar-refractivity contribution in [2.75, 3.05) is 17.5 Å². The van der Waals surface area contributed by atoms with Gasteiger partial charge in [0, 0.05) is 26.5 Å². The third kappa shape index (κ3) is 7.37. The molecule has 3 N–H and O–H groups in total. The lowest BCUT2D eigenvalue weighted by Gasteiger charge is -2.14. The largest absolute Gasteiger partial charge is 0.387 e. The SMILES string of the molecule is Cl.[2H]C([2H])([2H])C(NCC(O)c1ccc(NS(C)(=O)=O)cc1)C([2H])([2H])[2H]. The highest BCUT2D eigenvalue weighted by Crippen LogP contribution is 2.16. The highest BCUT2D eigenvalue weighted by molar-refractivity contribution is 7.92. The van der Waals surface area contributed by atoms with Crippen LogP contribution in [-0.4, -0.2) is 32.4 Å². The summed E-state index contributed by atoms with van der Waals surface area (Å²) in [5.74, 6) is 0. The Morgan fingerprint density at radius 3 is 2.37 bits per heavy atom. The van der Waals surface area contributed by atoms with E-state index in [1.165, 1.54) is 24.3 Å². The van der Waals surface area contributed by atoms with Crippen molar-refractivity contribution >= 4 is 28.1 Å². The lowest BCUT2D eigenvalue weighted by molar-refractivity contribution is 0.171. The maximum absolute atomic E-state index is 11.1. The summed E-state index contributed by atoms with van der Waals surface area (Å²) in [5, 5.41) is 12.4. The molecule has 0 fully saturated rings. The van der Waals surface area contributed by atoms with Gasteiger partial charge in [-0.1, -0.05) is 25.8 Å². The molecule has 1 rings (SSSR count). The normalized spacial score (nSPS) is 18.9. The van der Waals surface area contributed by atoms with E-state index in [2.05, 4.69) is 10.0 Å². The first-order chi connectivity index (χ1) is 10.7. The minimum absolute atomic E-state index is 0. The maximum atomic E-state index is 11.1. The molecule has 1 aromatic carbocycles. The van der Waals surface area contributed by atoms with Gasteiger partial charge in [-0.3, -0.25) is 4.72 Å². The maximum Gasteiger partial charge on any atom is 0.229 e. The predicted molar refractivity (Wildman–Crippen MR) is 80.3 cm³/mol. The number of benzene rings is 1. The zero-order chi connectivity index (χ0) is 18.8. The van der Waals surface area contributed by atoms with Gasteiger partial charge in [-0.25, -0.2) is 8.42 Å². The molecule has 1 aromatic rings. The van der Waals surface area contributed by atoms with Gasteiger partial charge in [-0.05, 0) is 17.7 Å². The van der Waals surface area contributed by atoms with Gasteiger partial charge in [0.15, 0.2) is 0 Å². The van der Waals surface area contributed by atoms with E-state index in [1.54, 1.807) is 0 Å². The third-order valence-corrected chi connectivity index (χ3v) is 2.72. The third-order valence-electron chi connectivity index (χ3n) is 2.11. The molecule has 0 amide bonds. The number of hydrogen-bond acceptors (Lipinski definition) is 4. The number of sulfonamides is 1. The summed E-state index contributed by atoms with van der Waals surface area (Å²) in [7, 11) is -3.41. The van der Waals surface area contributed by atoms with Crippen molar-refractivity contribution in [2.24, 2.45) is 0 Å². The van der Waals surface area contributed by atoms with E-state index in [-0.39, 0.29) is 19.0 Å². The van der Waals surface area contributed by atoms with Crippen LogP contribution in [0.4, 0.5) is 5.69 Å². The molecule has 7 heteroatoms. The van der Waals surface area contributed by atoms with E-state index < -0.39 is 35.9 Å². The van der Waals surface area contributed by atoms with Crippen LogP contribution in [0.15, 0.2) is 24.3 Å². The van der Waals surface area contributed by atoms with Crippen LogP contribution in [0.5, 0.6) is 0 Å². The molecule has 0 heterocycles. The summed E-state index contributed by atoms with van der Waals surface area (Å²) in [6.45, 7) is -5.76. The lowest BCUT2D eigenvalue weighted by Crippen LogP contribution is -2.27. The Morgan fingerprint density at radius 2 is 1.89 bits per heavy atom. The van der Waals surface area contributed by atoms with Crippen molar-refractivity contribution in [1.29, 1.82) is 0 Å². The number of anilines is 1. The summed E-state index contributed by atoms with van der Waals surface area (Å²) in [5.41, 5.74) is 0.695. The summed E-state index contributed by atoms with van der Waals surface area (Å²) >= 11 is 0. The van der Waals surface area contributed by atoms with Crippen molar-refractivity contribution in [2.45, 2.75) is 25.8 Å². The van der Waals surface area contributed by atoms with Gasteiger partial charge in [0.1, 0.15) is 0 Å². The lowest BCUT2D eigenvalue weighted by atomic mass is 10.1. The molecular weight excluding hydrogens is 288 g/mol. The van der Waals surface area contributed by atoms with Gasteiger partial charge < -0.3 is 10.4 Å². The zero-order valence-electron chi connectivity index (χ0n) is 16.3. The van der Waals surface area contributed by atoms with Crippen LogP contribution in [0.1, 0.15) is 33.6 Å². The van der Waals surface area contributed by atoms with Crippen molar-refractivity contribution in [1.82, 2.24) is 5.32 Å². The average Bonchev–Trinajstić information content (AvgIpc) is 2.34. The minimum atomic E-state index is -3.41. The van der Waals surface area contributed by atoms with Crippen LogP contribution in [0, 0.1) is 0 Å². The fraction of sp³-hybridized carbons (Fsp3) is 0.500. The number of hydrogen-bond donors (Lipinski definition) is 3. The van der Waals surface area contributed by atoms with E-state index in [1.807, 2.05) is 0 Å². The van der Waals surface area contributed by atoms with Gasteiger partial charge in [0.2, 0.25) is 10.0 Å². The minimum Gasteiger partial charge on any atom is -0.387 e. The summed E-state index contributed by atoms with van der Waals surface area (Å²) in [6.07, 6.45) is -0.145. The van der Waals surface area contributed by atoms with Gasteiger partial charge in [-0.2, -0.15) is 0 Å². The molecule has 0 aromatic heterocycles. The number of aliphatic hydroxyl groups is 1. The fourth-order valence-corrected chi connectivity index (χ4v) is 1.90. The van der Waals surface area contributed by atoms with Crippen molar-refractivity contribution in [3.8, 4) is 0 Å². The van der Waals surface area contributed by atoms with E-state index in [4.69, 9.17) is 8.22 Å². The van der Waals surface area contributed by atoms with Crippen LogP contribution in [0.2, 0.25) is 0 Å². The van der Waals surface area contributed by atoms with E-state index >= 15 is 0 Å². The number of halogens is 1. The Bertz CT molecular complexity index is 634. The molecule has 0 bridgehead atoms. The monoisotopic (exact) mass is 314 g/mol. The molecular formula is C12H21ClN2O3S. The summed E-state index contributed by atoms with van der Waals surface area (Å²) in [4.78, 5) is 0. The highest BCUT2D eigenvalue weighted by atomic mass is 35.5. The second-order valence-corrected chi connectivity index (χ2v) is 5.60. The second-order valence-electron chi connectivity index (χ2n) is 3.85. The molecule has 1 atom stereocenters. The van der Waals surface area contributed by atoms with Gasteiger partial charge in [0.25, 0.3) is 0 Å². The predicted octanol–water partition coefficient (Wildman–Crippen LogP) is 1.51. The van der Waals surface area contributed by atoms with Gasteiger partial charge in [0.05, 0.1) is 12.4 Å². The van der Waals surface area contributed by atoms with Crippen molar-refractivity contribution < 1.29 is 21.7 Å². The first kappa shape index (κ1) is 9.99. The Kier molecular flexibility index (Phi) is 4.04. The van der Waals surface area contributed by atoms with Gasteiger partial charge in [-0.15, -0.1) is 12.4 Å². The number of aliphatic hydroxyl groups excluding tert-OH is 1. The van der Waals surface area contributed by atoms with Crippen LogP contribution in [0.3, 0.4) is 0 Å². The Balaban J connectivity index is 0.00000576. The van der Waals surface area contributed by atoms with Crippen LogP contribution in [-0.2, 0) is 10.0 Å². The number of rotatable bonds is 6. The van der Waals surface area contributed by atoms with Crippen molar-refractivity contribution in [3.63, 3.8) is 0 Å². The average molecular weight is 315 g/mol. The molecule has 5 nitrogen and oxygen atoms in total. The van der Waals surface area contributed by atoms with E-state index in [9.17, 15) is 13.5 Å². The molecule has 19 heavy (non-hydrogen) atoms. The van der Waals surface area contributed by atoms with Crippen LogP contribution in [0.25, 0.3) is 0 Å². The molecule has 0 saturated carbocycles. The Hall–Kier alpha value is -0.820. The van der Waals surface area contributed by atoms with Gasteiger partial charge >= 0.3 is 0 Å². The molecule has 0 aliphatic heterocycles. The second kappa shape index (κ2) is 7.69. The Labute approximate surface area is 129 Å². The fourth-order valence-electron chi connectivity index (χ4n) is 1.33. The molecule has 0 aliphatic carbocycles.